The maximum atomic E-state index is 15.0. The third kappa shape index (κ3) is 12.9. The molecular weight excluding hydrogens is 1290 g/mol. The van der Waals surface area contributed by atoms with Crippen LogP contribution in [-0.4, -0.2) is 114 Å². The molecule has 4 fully saturated rings. The molecule has 16 nitrogen and oxygen atoms in total. The van der Waals surface area contributed by atoms with Crippen LogP contribution in [0, 0.1) is 0 Å². The van der Waals surface area contributed by atoms with Crippen molar-refractivity contribution in [2.24, 2.45) is 0 Å². The first-order valence-electron chi connectivity index (χ1n) is 36.2. The summed E-state index contributed by atoms with van der Waals surface area (Å²) in [6, 6.07) is 79.7. The Bertz CT molecular complexity index is 5160. The summed E-state index contributed by atoms with van der Waals surface area (Å²) in [6.07, 6.45) is 5.08. The monoisotopic (exact) mass is 1370 g/mol. The van der Waals surface area contributed by atoms with E-state index in [1.807, 2.05) is 158 Å². The molecule has 4 saturated heterocycles. The predicted molar refractivity (Wildman–Crippen MR) is 415 cm³/mol. The van der Waals surface area contributed by atoms with Crippen molar-refractivity contribution in [2.45, 2.75) is 88.9 Å². The Morgan fingerprint density at radius 3 is 0.952 bits per heavy atom. The van der Waals surface area contributed by atoms with E-state index >= 15 is 9.59 Å². The van der Waals surface area contributed by atoms with Gasteiger partial charge in [0, 0.05) is 106 Å². The summed E-state index contributed by atoms with van der Waals surface area (Å²) in [6.45, 7) is 10.9. The number of H-pyrrole nitrogens is 2. The second-order valence-corrected chi connectivity index (χ2v) is 28.1. The SMILES string of the molecule is C[C@H](c1ccccc1)N1C[C@H]1C(=O)Nc1cccc(NC(=O)[C@H]2CN2[C@@H](C)c2ccccc2)c1-c1c2nc(c(-c3ccccc3)c3ccc([nH]3)c(-c3c(NC(=O)[C@H]4CN4[C@@H](C)c4ccccc4)cccc3NC(=O)[C@@H]3CN3[C@H](C)c3ccccc3)c3nc(c(-c4ccccc4)c4ccc1[nH]4)CC3)C=C2. The first-order valence-corrected chi connectivity index (χ1v) is 36.2. The molecule has 8 bridgehead atoms. The second-order valence-electron chi connectivity index (χ2n) is 28.1. The molecule has 9 heterocycles. The molecule has 0 spiro atoms. The Morgan fingerprint density at radius 2 is 0.596 bits per heavy atom. The predicted octanol–water partition coefficient (Wildman–Crippen LogP) is 16.5. The van der Waals surface area contributed by atoms with Crippen LogP contribution in [0.4, 0.5) is 22.7 Å². The van der Waals surface area contributed by atoms with E-state index in [0.29, 0.717) is 101 Å². The van der Waals surface area contributed by atoms with Crippen LogP contribution in [0.25, 0.3) is 78.7 Å². The third-order valence-corrected chi connectivity index (χ3v) is 21.8. The number of aromatic amines is 2. The molecule has 6 N–H and O–H groups in total. The molecule has 0 saturated carbocycles. The van der Waals surface area contributed by atoms with E-state index in [-0.39, 0.29) is 47.8 Å². The molecule has 516 valence electrons. The number of hydrogen-bond acceptors (Lipinski definition) is 10. The highest BCUT2D eigenvalue weighted by Gasteiger charge is 2.48. The van der Waals surface area contributed by atoms with E-state index in [4.69, 9.17) is 9.97 Å². The zero-order valence-corrected chi connectivity index (χ0v) is 58.4. The van der Waals surface area contributed by atoms with Crippen molar-refractivity contribution in [1.29, 1.82) is 0 Å². The number of benzene rings is 8. The smallest absolute Gasteiger partial charge is 0.243 e. The molecule has 12 atom stereocenters. The van der Waals surface area contributed by atoms with Gasteiger partial charge in [0.25, 0.3) is 0 Å². The lowest BCUT2D eigenvalue weighted by Gasteiger charge is -2.19. The summed E-state index contributed by atoms with van der Waals surface area (Å²) in [5.41, 5.74) is 18.4. The van der Waals surface area contributed by atoms with Gasteiger partial charge in [-0.15, -0.1) is 0 Å². The molecule has 3 aromatic heterocycles. The Morgan fingerprint density at radius 1 is 0.317 bits per heavy atom. The van der Waals surface area contributed by atoms with Gasteiger partial charge in [0.15, 0.2) is 0 Å². The maximum absolute atomic E-state index is 15.0. The molecule has 6 aliphatic rings. The van der Waals surface area contributed by atoms with Crippen LogP contribution in [0.3, 0.4) is 0 Å². The van der Waals surface area contributed by atoms with Crippen molar-refractivity contribution < 1.29 is 19.2 Å². The molecule has 4 amide bonds. The van der Waals surface area contributed by atoms with Gasteiger partial charge in [-0.25, -0.2) is 4.98 Å². The fourth-order valence-corrected chi connectivity index (χ4v) is 15.7. The third-order valence-electron chi connectivity index (χ3n) is 21.8. The van der Waals surface area contributed by atoms with Crippen molar-refractivity contribution in [3.8, 4) is 44.5 Å². The van der Waals surface area contributed by atoms with Gasteiger partial charge in [0.1, 0.15) is 24.2 Å². The Hall–Kier alpha value is -11.7. The van der Waals surface area contributed by atoms with E-state index in [1.54, 1.807) is 0 Å². The molecule has 0 aliphatic carbocycles. The van der Waals surface area contributed by atoms with Crippen molar-refractivity contribution in [3.63, 3.8) is 0 Å². The molecule has 6 aliphatic heterocycles. The summed E-state index contributed by atoms with van der Waals surface area (Å²) < 4.78 is 0. The Kier molecular flexibility index (Phi) is 17.4. The van der Waals surface area contributed by atoms with Crippen molar-refractivity contribution in [2.75, 3.05) is 47.4 Å². The maximum Gasteiger partial charge on any atom is 0.243 e. The first kappa shape index (κ1) is 65.6. The fraction of sp³-hybridized carbons (Fsp3) is 0.205. The summed E-state index contributed by atoms with van der Waals surface area (Å²) in [5, 5.41) is 13.7. The van der Waals surface area contributed by atoms with Crippen molar-refractivity contribution in [3.05, 3.63) is 288 Å². The topological polar surface area (TPSA) is 186 Å². The molecule has 0 radical (unpaired) electrons. The minimum atomic E-state index is -0.398. The number of fused-ring (bicyclic) bond motifs is 8. The van der Waals surface area contributed by atoms with E-state index in [1.165, 1.54) is 0 Å². The molecule has 11 aromatic rings. The summed E-state index contributed by atoms with van der Waals surface area (Å²) in [5.74, 6) is -0.610. The molecular formula is C88H80N12O4. The van der Waals surface area contributed by atoms with Crippen LogP contribution in [0.5, 0.6) is 0 Å². The molecule has 17 rings (SSSR count). The number of amides is 4. The van der Waals surface area contributed by atoms with Gasteiger partial charge >= 0.3 is 0 Å². The average molecular weight is 1370 g/mol. The van der Waals surface area contributed by atoms with Crippen LogP contribution in [0.1, 0.15) is 96.9 Å². The number of carbonyl (C=O) groups excluding carboxylic acids is 4. The fourth-order valence-electron chi connectivity index (χ4n) is 15.7. The van der Waals surface area contributed by atoms with Crippen LogP contribution < -0.4 is 21.3 Å². The number of carbonyl (C=O) groups is 4. The largest absolute Gasteiger partial charge is 0.354 e. The second kappa shape index (κ2) is 27.6. The number of nitrogens with zero attached hydrogens (tertiary/aromatic N) is 6. The number of nitrogens with one attached hydrogen (secondary N) is 6. The number of rotatable bonds is 20. The van der Waals surface area contributed by atoms with Gasteiger partial charge in [-0.1, -0.05) is 194 Å². The Labute approximate surface area is 604 Å². The zero-order chi connectivity index (χ0) is 70.7. The number of aryl methyl sites for hydroxylation is 2. The van der Waals surface area contributed by atoms with Gasteiger partial charge in [0.05, 0.1) is 45.5 Å². The average Bonchev–Trinajstić information content (AvgIpc) is 1.56. The minimum Gasteiger partial charge on any atom is -0.354 e. The highest BCUT2D eigenvalue weighted by atomic mass is 16.2. The lowest BCUT2D eigenvalue weighted by Crippen LogP contribution is -2.25. The van der Waals surface area contributed by atoms with Crippen LogP contribution in [0.2, 0.25) is 0 Å². The van der Waals surface area contributed by atoms with E-state index in [9.17, 15) is 9.59 Å². The quantitative estimate of drug-likeness (QED) is 0.0401. The van der Waals surface area contributed by atoms with Gasteiger partial charge < -0.3 is 31.2 Å². The molecule has 16 heteroatoms. The van der Waals surface area contributed by atoms with Gasteiger partial charge in [-0.3, -0.25) is 43.8 Å². The van der Waals surface area contributed by atoms with Crippen LogP contribution in [-0.2, 0) is 32.0 Å². The number of hydrogen-bond donors (Lipinski definition) is 6. The molecule has 104 heavy (non-hydrogen) atoms. The first-order chi connectivity index (χ1) is 50.9. The van der Waals surface area contributed by atoms with Crippen LogP contribution >= 0.6 is 0 Å². The van der Waals surface area contributed by atoms with Gasteiger partial charge in [-0.05, 0) is 135 Å². The van der Waals surface area contributed by atoms with Crippen molar-refractivity contribution >= 4 is 80.6 Å². The van der Waals surface area contributed by atoms with Crippen molar-refractivity contribution in [1.82, 2.24) is 39.5 Å². The zero-order valence-electron chi connectivity index (χ0n) is 58.4. The summed E-state index contributed by atoms with van der Waals surface area (Å²) in [7, 11) is 0. The van der Waals surface area contributed by atoms with E-state index < -0.39 is 24.2 Å². The standard InChI is InChI=1S/C88H80N12O4/c1-53(57-25-11-5-12-26-57)97-49-75(97)85(101)93-63-37-23-38-64(94-86(102)76-50-98(76)54(2)58-27-13-6-14-28-58)81(63)83-71-45-41-67(89-71)79(61-33-19-9-20-34-61)69-43-47-73(91-69)84(74-48-44-70(92-74)80(62-35-21-10-22-36-62)68-42-46-72(83)90-68)82-65(95-87(103)77-51-99(77)55(3)59-29-15-7-16-30-59)39-24-40-66(82)96-88(104)78-52-100(78)56(4)60-31-17-8-18-32-60/h5-43,45-47,53-56,75-78,90-91H,44,48-52H2,1-4H3,(H,93,101)(H,94,102)(H,95,103)(H,96,104)/t53-,54+,55-,56+,75+,76-,77+,78-,97?,98?,99?,100?. The molecule has 4 unspecified atom stereocenters. The number of anilines is 4. The van der Waals surface area contributed by atoms with Gasteiger partial charge in [-0.2, -0.15) is 0 Å². The summed E-state index contributed by atoms with van der Waals surface area (Å²) >= 11 is 0. The van der Waals surface area contributed by atoms with Gasteiger partial charge in [0.2, 0.25) is 23.6 Å². The molecule has 8 aromatic carbocycles. The highest BCUT2D eigenvalue weighted by Crippen LogP contribution is 2.47. The van der Waals surface area contributed by atoms with E-state index in [0.717, 1.165) is 72.5 Å². The number of aromatic nitrogens is 4. The lowest BCUT2D eigenvalue weighted by molar-refractivity contribution is -0.117. The van der Waals surface area contributed by atoms with E-state index in [2.05, 4.69) is 176 Å². The normalized spacial score (nSPS) is 20.8. The summed E-state index contributed by atoms with van der Waals surface area (Å²) in [4.78, 5) is 88.2. The van der Waals surface area contributed by atoms with Crippen LogP contribution in [0.15, 0.2) is 243 Å². The highest BCUT2D eigenvalue weighted by molar-refractivity contribution is 6.12. The Balaban J connectivity index is 0.860. The lowest BCUT2D eigenvalue weighted by atomic mass is 9.97. The minimum absolute atomic E-state index is 0.00256.